The van der Waals surface area contributed by atoms with E-state index in [1.165, 1.54) is 18.4 Å². The van der Waals surface area contributed by atoms with Gasteiger partial charge in [0.2, 0.25) is 5.91 Å². The third-order valence-corrected chi connectivity index (χ3v) is 4.67. The molecule has 5 nitrogen and oxygen atoms in total. The third kappa shape index (κ3) is 5.44. The van der Waals surface area contributed by atoms with Crippen molar-refractivity contribution in [3.8, 4) is 0 Å². The van der Waals surface area contributed by atoms with Crippen LogP contribution in [0, 0.1) is 5.92 Å². The fourth-order valence-corrected chi connectivity index (χ4v) is 3.49. The average Bonchev–Trinajstić information content (AvgIpc) is 3.08. The Morgan fingerprint density at radius 3 is 3.04 bits per heavy atom. The predicted octanol–water partition coefficient (Wildman–Crippen LogP) is 1.58. The number of pyridine rings is 1. The standard InChI is InChI=1S/C17H26N4O.ClH/c22-17(16-6-2-8-19-16)20-11-15-5-3-9-21(13-15)12-14-4-1-7-18-10-14;/h1,4,7,10,15-16,19H,2-3,5-6,8-9,11-13H2,(H,20,22);1H. The molecule has 1 aromatic heterocycles. The summed E-state index contributed by atoms with van der Waals surface area (Å²) in [5, 5.41) is 6.39. The van der Waals surface area contributed by atoms with Gasteiger partial charge in [0.15, 0.2) is 0 Å². The summed E-state index contributed by atoms with van der Waals surface area (Å²) in [4.78, 5) is 18.7. The maximum Gasteiger partial charge on any atom is 0.237 e. The van der Waals surface area contributed by atoms with Crippen molar-refractivity contribution in [3.05, 3.63) is 30.1 Å². The van der Waals surface area contributed by atoms with Gasteiger partial charge in [-0.25, -0.2) is 0 Å². The van der Waals surface area contributed by atoms with Crippen molar-refractivity contribution in [1.29, 1.82) is 0 Å². The van der Waals surface area contributed by atoms with E-state index in [4.69, 9.17) is 0 Å². The molecule has 0 saturated carbocycles. The molecule has 2 saturated heterocycles. The van der Waals surface area contributed by atoms with E-state index >= 15 is 0 Å². The number of nitrogens with zero attached hydrogens (tertiary/aromatic N) is 2. The lowest BCUT2D eigenvalue weighted by Gasteiger charge is -2.33. The van der Waals surface area contributed by atoms with Crippen molar-refractivity contribution < 1.29 is 4.79 Å². The Balaban J connectivity index is 0.00000192. The maximum atomic E-state index is 12.1. The maximum absolute atomic E-state index is 12.1. The van der Waals surface area contributed by atoms with Crippen LogP contribution in [0.1, 0.15) is 31.2 Å². The highest BCUT2D eigenvalue weighted by Crippen LogP contribution is 2.18. The first kappa shape index (κ1) is 18.2. The van der Waals surface area contributed by atoms with E-state index in [9.17, 15) is 4.79 Å². The van der Waals surface area contributed by atoms with E-state index in [0.717, 1.165) is 45.6 Å². The lowest BCUT2D eigenvalue weighted by atomic mass is 9.97. The first-order chi connectivity index (χ1) is 10.8. The molecule has 128 valence electrons. The molecular weight excluding hydrogens is 312 g/mol. The second kappa shape index (κ2) is 9.21. The molecule has 2 atom stereocenters. The van der Waals surface area contributed by atoms with Crippen molar-refractivity contribution in [1.82, 2.24) is 20.5 Å². The van der Waals surface area contributed by atoms with Gasteiger partial charge in [0, 0.05) is 32.0 Å². The first-order valence-electron chi connectivity index (χ1n) is 8.43. The molecule has 2 fully saturated rings. The minimum Gasteiger partial charge on any atom is -0.354 e. The van der Waals surface area contributed by atoms with Crippen LogP contribution in [0.2, 0.25) is 0 Å². The summed E-state index contributed by atoms with van der Waals surface area (Å²) in [6.07, 6.45) is 8.26. The quantitative estimate of drug-likeness (QED) is 0.856. The lowest BCUT2D eigenvalue weighted by Crippen LogP contribution is -2.45. The number of piperidine rings is 1. The molecule has 2 aliphatic heterocycles. The van der Waals surface area contributed by atoms with E-state index in [0.29, 0.717) is 5.92 Å². The predicted molar refractivity (Wildman–Crippen MR) is 93.5 cm³/mol. The Labute approximate surface area is 144 Å². The largest absolute Gasteiger partial charge is 0.354 e. The normalized spacial score (nSPS) is 24.9. The Hall–Kier alpha value is -1.17. The van der Waals surface area contributed by atoms with E-state index in [1.807, 2.05) is 18.5 Å². The van der Waals surface area contributed by atoms with Gasteiger partial charge in [-0.1, -0.05) is 6.07 Å². The van der Waals surface area contributed by atoms with Crippen LogP contribution in [0.5, 0.6) is 0 Å². The van der Waals surface area contributed by atoms with E-state index in [1.54, 1.807) is 0 Å². The van der Waals surface area contributed by atoms with E-state index < -0.39 is 0 Å². The van der Waals surface area contributed by atoms with Crippen LogP contribution in [-0.2, 0) is 11.3 Å². The van der Waals surface area contributed by atoms with Gasteiger partial charge in [-0.05, 0) is 56.3 Å². The number of hydrogen-bond donors (Lipinski definition) is 2. The highest BCUT2D eigenvalue weighted by atomic mass is 35.5. The second-order valence-corrected chi connectivity index (χ2v) is 6.50. The van der Waals surface area contributed by atoms with Crippen LogP contribution in [0.25, 0.3) is 0 Å². The molecule has 3 rings (SSSR count). The number of hydrogen-bond acceptors (Lipinski definition) is 4. The molecule has 2 aliphatic rings. The van der Waals surface area contributed by atoms with Crippen LogP contribution >= 0.6 is 12.4 Å². The zero-order valence-corrected chi connectivity index (χ0v) is 14.4. The van der Waals surface area contributed by atoms with Gasteiger partial charge >= 0.3 is 0 Å². The molecule has 1 aromatic rings. The molecule has 0 aliphatic carbocycles. The molecule has 0 spiro atoms. The summed E-state index contributed by atoms with van der Waals surface area (Å²) < 4.78 is 0. The zero-order chi connectivity index (χ0) is 15.2. The van der Waals surface area contributed by atoms with Crippen LogP contribution in [-0.4, -0.2) is 48.0 Å². The van der Waals surface area contributed by atoms with Gasteiger partial charge in [0.1, 0.15) is 0 Å². The Morgan fingerprint density at radius 1 is 1.39 bits per heavy atom. The Morgan fingerprint density at radius 2 is 2.30 bits per heavy atom. The minimum absolute atomic E-state index is 0. The van der Waals surface area contributed by atoms with Gasteiger partial charge < -0.3 is 10.6 Å². The summed E-state index contributed by atoms with van der Waals surface area (Å²) >= 11 is 0. The summed E-state index contributed by atoms with van der Waals surface area (Å²) in [7, 11) is 0. The van der Waals surface area contributed by atoms with Gasteiger partial charge in [0.05, 0.1) is 6.04 Å². The van der Waals surface area contributed by atoms with Gasteiger partial charge in [-0.2, -0.15) is 0 Å². The SMILES string of the molecule is Cl.O=C(NCC1CCCN(Cc2cccnc2)C1)C1CCCN1. The van der Waals surface area contributed by atoms with Crippen molar-refractivity contribution in [2.24, 2.45) is 5.92 Å². The van der Waals surface area contributed by atoms with Crippen molar-refractivity contribution in [2.45, 2.75) is 38.3 Å². The molecule has 1 amide bonds. The molecule has 2 unspecified atom stereocenters. The molecule has 0 aromatic carbocycles. The molecule has 0 bridgehead atoms. The van der Waals surface area contributed by atoms with Gasteiger partial charge in [0.25, 0.3) is 0 Å². The van der Waals surface area contributed by atoms with Crippen molar-refractivity contribution in [2.75, 3.05) is 26.2 Å². The topological polar surface area (TPSA) is 57.3 Å². The average molecular weight is 339 g/mol. The highest BCUT2D eigenvalue weighted by Gasteiger charge is 2.24. The Bertz CT molecular complexity index is 479. The van der Waals surface area contributed by atoms with Crippen LogP contribution in [0.3, 0.4) is 0 Å². The summed E-state index contributed by atoms with van der Waals surface area (Å²) in [5.41, 5.74) is 1.27. The fraction of sp³-hybridized carbons (Fsp3) is 0.647. The highest BCUT2D eigenvalue weighted by molar-refractivity contribution is 5.85. The molecule has 3 heterocycles. The van der Waals surface area contributed by atoms with E-state index in [2.05, 4.69) is 26.6 Å². The van der Waals surface area contributed by atoms with Crippen molar-refractivity contribution in [3.63, 3.8) is 0 Å². The monoisotopic (exact) mass is 338 g/mol. The van der Waals surface area contributed by atoms with Gasteiger partial charge in [-0.3, -0.25) is 14.7 Å². The number of amides is 1. The number of likely N-dealkylation sites (tertiary alicyclic amines) is 1. The Kier molecular flexibility index (Phi) is 7.27. The molecule has 2 N–H and O–H groups in total. The van der Waals surface area contributed by atoms with Crippen molar-refractivity contribution >= 4 is 18.3 Å². The number of aromatic nitrogens is 1. The third-order valence-electron chi connectivity index (χ3n) is 4.67. The number of nitrogens with one attached hydrogen (secondary N) is 2. The summed E-state index contributed by atoms with van der Waals surface area (Å²) in [6, 6.07) is 4.16. The van der Waals surface area contributed by atoms with Crippen LogP contribution in [0.4, 0.5) is 0 Å². The van der Waals surface area contributed by atoms with Crippen LogP contribution < -0.4 is 10.6 Å². The second-order valence-electron chi connectivity index (χ2n) is 6.50. The number of carbonyl (C=O) groups is 1. The number of carbonyl (C=O) groups excluding carboxylic acids is 1. The molecule has 23 heavy (non-hydrogen) atoms. The number of halogens is 1. The van der Waals surface area contributed by atoms with E-state index in [-0.39, 0.29) is 24.4 Å². The smallest absolute Gasteiger partial charge is 0.237 e. The molecule has 0 radical (unpaired) electrons. The van der Waals surface area contributed by atoms with Gasteiger partial charge in [-0.15, -0.1) is 12.4 Å². The molecular formula is C17H27ClN4O. The number of rotatable bonds is 5. The first-order valence-corrected chi connectivity index (χ1v) is 8.43. The summed E-state index contributed by atoms with van der Waals surface area (Å²) in [6.45, 7) is 4.94. The minimum atomic E-state index is 0. The van der Waals surface area contributed by atoms with Crippen LogP contribution in [0.15, 0.2) is 24.5 Å². The zero-order valence-electron chi connectivity index (χ0n) is 13.5. The molecule has 6 heteroatoms. The fourth-order valence-electron chi connectivity index (χ4n) is 3.49. The lowest BCUT2D eigenvalue weighted by molar-refractivity contribution is -0.123. The summed E-state index contributed by atoms with van der Waals surface area (Å²) in [5.74, 6) is 0.748.